The molecule has 30 heavy (non-hydrogen) atoms. The number of aromatic nitrogens is 2. The van der Waals surface area contributed by atoms with Crippen LogP contribution in [0.1, 0.15) is 39.0 Å². The molecule has 1 aliphatic rings. The Morgan fingerprint density at radius 3 is 2.77 bits per heavy atom. The van der Waals surface area contributed by atoms with Crippen molar-refractivity contribution in [3.05, 3.63) is 40.9 Å². The maximum atomic E-state index is 12.3. The minimum atomic E-state index is -0.0994. The van der Waals surface area contributed by atoms with Gasteiger partial charge in [0.25, 0.3) is 5.91 Å². The van der Waals surface area contributed by atoms with Crippen molar-refractivity contribution in [3.63, 3.8) is 0 Å². The molecule has 4 rings (SSSR count). The van der Waals surface area contributed by atoms with Gasteiger partial charge in [-0.1, -0.05) is 31.4 Å². The third kappa shape index (κ3) is 4.78. The van der Waals surface area contributed by atoms with Crippen LogP contribution in [0.25, 0.3) is 22.4 Å². The van der Waals surface area contributed by atoms with Crippen LogP contribution in [0, 0.1) is 0 Å². The topological polar surface area (TPSA) is 76.2 Å². The molecular weight excluding hydrogens is 446 g/mol. The third-order valence-electron chi connectivity index (χ3n) is 5.29. The summed E-state index contributed by atoms with van der Waals surface area (Å²) in [6, 6.07) is 12.0. The van der Waals surface area contributed by atoms with Gasteiger partial charge >= 0.3 is 0 Å². The normalized spacial score (nSPS) is 14.6. The highest BCUT2D eigenvalue weighted by atomic mass is 79.9. The van der Waals surface area contributed by atoms with Crippen molar-refractivity contribution in [1.29, 1.82) is 0 Å². The van der Waals surface area contributed by atoms with Crippen molar-refractivity contribution < 1.29 is 14.3 Å². The first kappa shape index (κ1) is 20.7. The standard InChI is InChI=1S/C23H26BrN3O3/c1-2-29-20-13-15(23-26-18-10-6-7-11-19(18)27-23)12-17(24)22(20)30-14-21(28)25-16-8-4-3-5-9-16/h6-7,10-13,16H,2-5,8-9,14H2,1H3,(H,25,28)(H,26,27). The van der Waals surface area contributed by atoms with E-state index in [4.69, 9.17) is 9.47 Å². The molecule has 0 unspecified atom stereocenters. The maximum Gasteiger partial charge on any atom is 0.258 e. The van der Waals surface area contributed by atoms with Crippen LogP contribution in [0.4, 0.5) is 0 Å². The highest BCUT2D eigenvalue weighted by molar-refractivity contribution is 9.10. The smallest absolute Gasteiger partial charge is 0.258 e. The Hall–Kier alpha value is -2.54. The number of carbonyl (C=O) groups excluding carboxylic acids is 1. The van der Waals surface area contributed by atoms with Gasteiger partial charge in [-0.15, -0.1) is 0 Å². The minimum absolute atomic E-state index is 0.0425. The van der Waals surface area contributed by atoms with E-state index in [9.17, 15) is 4.79 Å². The number of amides is 1. The van der Waals surface area contributed by atoms with Crippen LogP contribution < -0.4 is 14.8 Å². The molecule has 0 aliphatic heterocycles. The van der Waals surface area contributed by atoms with Gasteiger partial charge in [-0.3, -0.25) is 4.79 Å². The van der Waals surface area contributed by atoms with Gasteiger partial charge in [0.2, 0.25) is 0 Å². The first-order valence-corrected chi connectivity index (χ1v) is 11.3. The Morgan fingerprint density at radius 2 is 2.00 bits per heavy atom. The zero-order valence-corrected chi connectivity index (χ0v) is 18.6. The molecule has 2 N–H and O–H groups in total. The zero-order chi connectivity index (χ0) is 20.9. The van der Waals surface area contributed by atoms with E-state index >= 15 is 0 Å². The fourth-order valence-electron chi connectivity index (χ4n) is 3.85. The number of ether oxygens (including phenoxy) is 2. The molecule has 158 valence electrons. The second-order valence-electron chi connectivity index (χ2n) is 7.51. The van der Waals surface area contributed by atoms with Crippen LogP contribution in [0.15, 0.2) is 40.9 Å². The lowest BCUT2D eigenvalue weighted by Gasteiger charge is -2.23. The van der Waals surface area contributed by atoms with Gasteiger partial charge in [-0.05, 0) is 60.0 Å². The summed E-state index contributed by atoms with van der Waals surface area (Å²) >= 11 is 3.58. The largest absolute Gasteiger partial charge is 0.490 e. The van der Waals surface area contributed by atoms with Gasteiger partial charge in [-0.2, -0.15) is 0 Å². The van der Waals surface area contributed by atoms with Crippen LogP contribution >= 0.6 is 15.9 Å². The maximum absolute atomic E-state index is 12.3. The molecule has 1 aliphatic carbocycles. The van der Waals surface area contributed by atoms with E-state index in [1.165, 1.54) is 19.3 Å². The molecule has 1 saturated carbocycles. The molecule has 1 aromatic heterocycles. The number of nitrogens with one attached hydrogen (secondary N) is 2. The lowest BCUT2D eigenvalue weighted by molar-refractivity contribution is -0.124. The summed E-state index contributed by atoms with van der Waals surface area (Å²) in [6.07, 6.45) is 5.70. The molecular formula is C23H26BrN3O3. The van der Waals surface area contributed by atoms with E-state index in [0.717, 1.165) is 39.7 Å². The Morgan fingerprint density at radius 1 is 1.20 bits per heavy atom. The summed E-state index contributed by atoms with van der Waals surface area (Å²) in [5.74, 6) is 1.75. The van der Waals surface area contributed by atoms with E-state index in [2.05, 4.69) is 31.2 Å². The highest BCUT2D eigenvalue weighted by Gasteiger charge is 2.19. The number of para-hydroxylation sites is 2. The fourth-order valence-corrected chi connectivity index (χ4v) is 4.41. The average molecular weight is 472 g/mol. The number of halogens is 1. The molecule has 0 saturated heterocycles. The summed E-state index contributed by atoms with van der Waals surface area (Å²) in [6.45, 7) is 2.36. The van der Waals surface area contributed by atoms with Crippen molar-refractivity contribution in [3.8, 4) is 22.9 Å². The molecule has 7 heteroatoms. The number of nitrogens with zero attached hydrogens (tertiary/aromatic N) is 1. The molecule has 1 heterocycles. The SMILES string of the molecule is CCOc1cc(-c2nc3ccccc3[nH]2)cc(Br)c1OCC(=O)NC1CCCCC1. The lowest BCUT2D eigenvalue weighted by atomic mass is 9.95. The molecule has 2 aromatic carbocycles. The van der Waals surface area contributed by atoms with Crippen LogP contribution in [-0.2, 0) is 4.79 Å². The van der Waals surface area contributed by atoms with E-state index in [1.54, 1.807) is 0 Å². The first-order chi connectivity index (χ1) is 14.6. The number of fused-ring (bicyclic) bond motifs is 1. The van der Waals surface area contributed by atoms with Gasteiger partial charge in [0.1, 0.15) is 5.82 Å². The number of imidazole rings is 1. The number of rotatable bonds is 7. The predicted molar refractivity (Wildman–Crippen MR) is 121 cm³/mol. The van der Waals surface area contributed by atoms with E-state index in [1.807, 2.05) is 43.3 Å². The quantitative estimate of drug-likeness (QED) is 0.495. The molecule has 0 spiro atoms. The van der Waals surface area contributed by atoms with E-state index < -0.39 is 0 Å². The first-order valence-electron chi connectivity index (χ1n) is 10.5. The van der Waals surface area contributed by atoms with Crippen molar-refractivity contribution in [1.82, 2.24) is 15.3 Å². The van der Waals surface area contributed by atoms with Crippen LogP contribution in [0.2, 0.25) is 0 Å². The average Bonchev–Trinajstić information content (AvgIpc) is 3.18. The molecule has 0 bridgehead atoms. The third-order valence-corrected chi connectivity index (χ3v) is 5.88. The number of H-pyrrole nitrogens is 1. The van der Waals surface area contributed by atoms with E-state index in [-0.39, 0.29) is 18.6 Å². The van der Waals surface area contributed by atoms with Gasteiger partial charge < -0.3 is 19.8 Å². The molecule has 0 atom stereocenters. The van der Waals surface area contributed by atoms with Gasteiger partial charge in [0.05, 0.1) is 22.1 Å². The molecule has 6 nitrogen and oxygen atoms in total. The fraction of sp³-hybridized carbons (Fsp3) is 0.391. The number of aromatic amines is 1. The number of carbonyl (C=O) groups is 1. The number of hydrogen-bond donors (Lipinski definition) is 2. The van der Waals surface area contributed by atoms with Crippen molar-refractivity contribution in [2.24, 2.45) is 0 Å². The Bertz CT molecular complexity index is 995. The monoisotopic (exact) mass is 471 g/mol. The lowest BCUT2D eigenvalue weighted by Crippen LogP contribution is -2.39. The molecule has 0 radical (unpaired) electrons. The summed E-state index contributed by atoms with van der Waals surface area (Å²) in [5.41, 5.74) is 2.75. The predicted octanol–water partition coefficient (Wildman–Crippen LogP) is 5.22. The van der Waals surface area contributed by atoms with Crippen molar-refractivity contribution in [2.45, 2.75) is 45.1 Å². The van der Waals surface area contributed by atoms with E-state index in [0.29, 0.717) is 18.1 Å². The van der Waals surface area contributed by atoms with Gasteiger partial charge in [0, 0.05) is 11.6 Å². The van der Waals surface area contributed by atoms with Crippen molar-refractivity contribution in [2.75, 3.05) is 13.2 Å². The van der Waals surface area contributed by atoms with Crippen LogP contribution in [0.3, 0.4) is 0 Å². The number of hydrogen-bond acceptors (Lipinski definition) is 4. The summed E-state index contributed by atoms with van der Waals surface area (Å²) in [5, 5.41) is 3.08. The summed E-state index contributed by atoms with van der Waals surface area (Å²) in [4.78, 5) is 20.3. The minimum Gasteiger partial charge on any atom is -0.490 e. The summed E-state index contributed by atoms with van der Waals surface area (Å²) in [7, 11) is 0. The summed E-state index contributed by atoms with van der Waals surface area (Å²) < 4.78 is 12.4. The van der Waals surface area contributed by atoms with Crippen LogP contribution in [0.5, 0.6) is 11.5 Å². The Labute approximate surface area is 184 Å². The second-order valence-corrected chi connectivity index (χ2v) is 8.37. The van der Waals surface area contributed by atoms with Gasteiger partial charge in [-0.25, -0.2) is 4.98 Å². The Kier molecular flexibility index (Phi) is 6.57. The van der Waals surface area contributed by atoms with Crippen LogP contribution in [-0.4, -0.2) is 35.1 Å². The molecule has 1 amide bonds. The zero-order valence-electron chi connectivity index (χ0n) is 17.0. The highest BCUT2D eigenvalue weighted by Crippen LogP contribution is 2.39. The molecule has 1 fully saturated rings. The number of benzene rings is 2. The second kappa shape index (κ2) is 9.51. The van der Waals surface area contributed by atoms with Crippen molar-refractivity contribution >= 4 is 32.9 Å². The molecule has 3 aromatic rings. The Balaban J connectivity index is 1.51. The van der Waals surface area contributed by atoms with Gasteiger partial charge in [0.15, 0.2) is 18.1 Å².